The van der Waals surface area contributed by atoms with Crippen LogP contribution in [-0.2, 0) is 9.53 Å². The number of carbonyl (C=O) groups excluding carboxylic acids is 1. The molecule has 0 fully saturated rings. The van der Waals surface area contributed by atoms with Crippen LogP contribution < -0.4 is 14.8 Å². The predicted octanol–water partition coefficient (Wildman–Crippen LogP) is 4.00. The molecule has 0 saturated carbocycles. The molecule has 0 aliphatic heterocycles. The molecule has 0 spiro atoms. The Morgan fingerprint density at radius 3 is 2.24 bits per heavy atom. The number of carbonyl (C=O) groups is 1. The van der Waals surface area contributed by atoms with Gasteiger partial charge in [0.2, 0.25) is 0 Å². The Labute approximate surface area is 152 Å². The van der Waals surface area contributed by atoms with Gasteiger partial charge in [-0.05, 0) is 61.4 Å². The average molecular weight is 364 g/mol. The number of hydrogen-bond donors (Lipinski definition) is 1. The Kier molecular flexibility index (Phi) is 7.10. The van der Waals surface area contributed by atoms with Gasteiger partial charge in [-0.1, -0.05) is 11.6 Å². The van der Waals surface area contributed by atoms with Gasteiger partial charge in [-0.2, -0.15) is 0 Å². The fourth-order valence-corrected chi connectivity index (χ4v) is 2.32. The zero-order valence-corrected chi connectivity index (χ0v) is 15.4. The van der Waals surface area contributed by atoms with Crippen LogP contribution in [-0.4, -0.2) is 32.8 Å². The maximum atomic E-state index is 12.0. The minimum Gasteiger partial charge on any atom is -0.491 e. The zero-order valence-electron chi connectivity index (χ0n) is 14.6. The summed E-state index contributed by atoms with van der Waals surface area (Å²) in [6, 6.07) is 10.8. The van der Waals surface area contributed by atoms with E-state index in [2.05, 4.69) is 5.32 Å². The van der Waals surface area contributed by atoms with Crippen LogP contribution in [0.25, 0.3) is 0 Å². The Morgan fingerprint density at radius 2 is 1.64 bits per heavy atom. The van der Waals surface area contributed by atoms with Crippen molar-refractivity contribution in [3.8, 4) is 11.5 Å². The summed E-state index contributed by atoms with van der Waals surface area (Å²) in [5.74, 6) is 1.10. The molecule has 0 aromatic heterocycles. The molecule has 0 aliphatic carbocycles. The number of amides is 1. The third kappa shape index (κ3) is 5.96. The third-order valence-electron chi connectivity index (χ3n) is 3.47. The topological polar surface area (TPSA) is 56.8 Å². The van der Waals surface area contributed by atoms with E-state index in [1.165, 1.54) is 0 Å². The second-order valence-electron chi connectivity index (χ2n) is 5.57. The van der Waals surface area contributed by atoms with Crippen LogP contribution >= 0.6 is 11.6 Å². The minimum absolute atomic E-state index is 0.0768. The van der Waals surface area contributed by atoms with Crippen molar-refractivity contribution < 1.29 is 19.0 Å². The average Bonchev–Trinajstić information content (AvgIpc) is 2.59. The summed E-state index contributed by atoms with van der Waals surface area (Å²) in [4.78, 5) is 12.0. The Balaban J connectivity index is 1.84. The van der Waals surface area contributed by atoms with E-state index in [4.69, 9.17) is 25.8 Å². The molecule has 1 amide bonds. The number of rotatable bonds is 8. The molecule has 0 atom stereocenters. The highest BCUT2D eigenvalue weighted by Gasteiger charge is 2.07. The maximum absolute atomic E-state index is 12.0. The number of hydrogen-bond acceptors (Lipinski definition) is 4. The lowest BCUT2D eigenvalue weighted by molar-refractivity contribution is -0.118. The summed E-state index contributed by atoms with van der Waals surface area (Å²) in [6.45, 7) is 4.74. The highest BCUT2D eigenvalue weighted by molar-refractivity contribution is 6.32. The molecule has 6 heteroatoms. The van der Waals surface area contributed by atoms with E-state index >= 15 is 0 Å². The molecule has 0 radical (unpaired) electrons. The number of benzene rings is 2. The van der Waals surface area contributed by atoms with Gasteiger partial charge in [-0.15, -0.1) is 0 Å². The summed E-state index contributed by atoms with van der Waals surface area (Å²) in [6.07, 6.45) is 0. The van der Waals surface area contributed by atoms with Crippen LogP contribution in [0, 0.1) is 13.8 Å². The Hall–Kier alpha value is -2.24. The lowest BCUT2D eigenvalue weighted by Crippen LogP contribution is -2.20. The summed E-state index contributed by atoms with van der Waals surface area (Å²) in [5, 5.41) is 3.49. The molecule has 25 heavy (non-hydrogen) atoms. The van der Waals surface area contributed by atoms with Crippen molar-refractivity contribution in [2.75, 3.05) is 32.2 Å². The van der Waals surface area contributed by atoms with Crippen molar-refractivity contribution in [3.63, 3.8) is 0 Å². The van der Waals surface area contributed by atoms with E-state index in [0.717, 1.165) is 16.9 Å². The molecule has 1 N–H and O–H groups in total. The van der Waals surface area contributed by atoms with Crippen molar-refractivity contribution in [1.82, 2.24) is 0 Å². The van der Waals surface area contributed by atoms with E-state index in [-0.39, 0.29) is 12.5 Å². The molecular weight excluding hydrogens is 342 g/mol. The van der Waals surface area contributed by atoms with Crippen molar-refractivity contribution in [2.24, 2.45) is 0 Å². The Morgan fingerprint density at radius 1 is 1.00 bits per heavy atom. The van der Waals surface area contributed by atoms with Gasteiger partial charge in [0.05, 0.1) is 6.61 Å². The minimum atomic E-state index is -0.238. The van der Waals surface area contributed by atoms with Crippen LogP contribution in [0.4, 0.5) is 5.69 Å². The van der Waals surface area contributed by atoms with Crippen LogP contribution in [0.1, 0.15) is 11.1 Å². The van der Waals surface area contributed by atoms with Gasteiger partial charge in [-0.25, -0.2) is 0 Å². The van der Waals surface area contributed by atoms with Gasteiger partial charge in [0.25, 0.3) is 5.91 Å². The van der Waals surface area contributed by atoms with Gasteiger partial charge in [0.15, 0.2) is 6.61 Å². The fourth-order valence-electron chi connectivity index (χ4n) is 2.21. The quantitative estimate of drug-likeness (QED) is 0.720. The lowest BCUT2D eigenvalue weighted by Gasteiger charge is -2.11. The second kappa shape index (κ2) is 9.30. The van der Waals surface area contributed by atoms with Crippen LogP contribution in [0.5, 0.6) is 11.5 Å². The first-order valence-electron chi connectivity index (χ1n) is 7.91. The lowest BCUT2D eigenvalue weighted by atomic mass is 10.1. The van der Waals surface area contributed by atoms with E-state index in [1.807, 2.05) is 26.0 Å². The van der Waals surface area contributed by atoms with Gasteiger partial charge in [0, 0.05) is 17.8 Å². The molecule has 0 unspecified atom stereocenters. The van der Waals surface area contributed by atoms with E-state index in [0.29, 0.717) is 29.7 Å². The van der Waals surface area contributed by atoms with Gasteiger partial charge in [0.1, 0.15) is 18.1 Å². The van der Waals surface area contributed by atoms with Crippen LogP contribution in [0.3, 0.4) is 0 Å². The number of halogens is 1. The highest BCUT2D eigenvalue weighted by atomic mass is 35.5. The summed E-state index contributed by atoms with van der Waals surface area (Å²) in [5.41, 5.74) is 2.51. The first kappa shape index (κ1) is 19.1. The van der Waals surface area contributed by atoms with E-state index in [1.54, 1.807) is 31.4 Å². The van der Waals surface area contributed by atoms with Crippen molar-refractivity contribution in [3.05, 3.63) is 52.5 Å². The SMILES string of the molecule is COCCOc1ccc(NC(=O)COc2cc(C)c(Cl)c(C)c2)cc1. The molecule has 2 aromatic rings. The van der Waals surface area contributed by atoms with Gasteiger partial charge < -0.3 is 19.5 Å². The molecule has 5 nitrogen and oxygen atoms in total. The molecule has 2 aromatic carbocycles. The number of methoxy groups -OCH3 is 1. The molecule has 0 aliphatic rings. The van der Waals surface area contributed by atoms with Crippen molar-refractivity contribution >= 4 is 23.2 Å². The Bertz CT molecular complexity index is 693. The third-order valence-corrected chi connectivity index (χ3v) is 4.07. The molecule has 134 valence electrons. The molecule has 2 rings (SSSR count). The summed E-state index contributed by atoms with van der Waals surface area (Å²) in [7, 11) is 1.62. The largest absolute Gasteiger partial charge is 0.491 e. The van der Waals surface area contributed by atoms with E-state index in [9.17, 15) is 4.79 Å². The fraction of sp³-hybridized carbons (Fsp3) is 0.316. The normalized spacial score (nSPS) is 10.4. The number of nitrogens with one attached hydrogen (secondary N) is 1. The predicted molar refractivity (Wildman–Crippen MR) is 98.9 cm³/mol. The number of ether oxygens (including phenoxy) is 3. The van der Waals surface area contributed by atoms with Crippen LogP contribution in [0.15, 0.2) is 36.4 Å². The number of aryl methyl sites for hydroxylation is 2. The highest BCUT2D eigenvalue weighted by Crippen LogP contribution is 2.25. The smallest absolute Gasteiger partial charge is 0.262 e. The summed E-state index contributed by atoms with van der Waals surface area (Å²) < 4.78 is 15.9. The molecule has 0 saturated heterocycles. The first-order valence-corrected chi connectivity index (χ1v) is 8.28. The number of anilines is 1. The standard InChI is InChI=1S/C19H22ClNO4/c1-13-10-17(11-14(2)19(13)20)25-12-18(22)21-15-4-6-16(7-5-15)24-9-8-23-3/h4-7,10-11H,8-9,12H2,1-3H3,(H,21,22). The summed E-state index contributed by atoms with van der Waals surface area (Å²) >= 11 is 6.12. The second-order valence-corrected chi connectivity index (χ2v) is 5.95. The first-order chi connectivity index (χ1) is 12.0. The van der Waals surface area contributed by atoms with E-state index < -0.39 is 0 Å². The van der Waals surface area contributed by atoms with Crippen molar-refractivity contribution in [1.29, 1.82) is 0 Å². The monoisotopic (exact) mass is 363 g/mol. The van der Waals surface area contributed by atoms with Gasteiger partial charge in [-0.3, -0.25) is 4.79 Å². The van der Waals surface area contributed by atoms with Gasteiger partial charge >= 0.3 is 0 Å². The molecule has 0 heterocycles. The molecular formula is C19H22ClNO4. The maximum Gasteiger partial charge on any atom is 0.262 e. The van der Waals surface area contributed by atoms with Crippen molar-refractivity contribution in [2.45, 2.75) is 13.8 Å². The molecule has 0 bridgehead atoms. The van der Waals surface area contributed by atoms with Crippen LogP contribution in [0.2, 0.25) is 5.02 Å². The zero-order chi connectivity index (χ0) is 18.2.